The van der Waals surface area contributed by atoms with Crippen molar-refractivity contribution < 1.29 is 8.42 Å². The van der Waals surface area contributed by atoms with Crippen LogP contribution >= 0.6 is 0 Å². The summed E-state index contributed by atoms with van der Waals surface area (Å²) in [4.78, 5) is 7.41. The van der Waals surface area contributed by atoms with E-state index in [1.165, 1.54) is 10.7 Å². The van der Waals surface area contributed by atoms with E-state index in [-0.39, 0.29) is 11.1 Å². The fourth-order valence-electron chi connectivity index (χ4n) is 0.992. The van der Waals surface area contributed by atoms with Gasteiger partial charge in [-0.2, -0.15) is 19.6 Å². The van der Waals surface area contributed by atoms with E-state index in [0.29, 0.717) is 5.65 Å². The monoisotopic (exact) mass is 213 g/mol. The van der Waals surface area contributed by atoms with Crippen molar-refractivity contribution in [1.82, 2.24) is 19.6 Å². The van der Waals surface area contributed by atoms with Gasteiger partial charge in [-0.3, -0.25) is 0 Å². The van der Waals surface area contributed by atoms with Gasteiger partial charge in [0.2, 0.25) is 15.8 Å². The van der Waals surface area contributed by atoms with Crippen molar-refractivity contribution in [2.45, 2.75) is 5.16 Å². The number of nitrogens with zero attached hydrogens (tertiary/aromatic N) is 4. The molecule has 2 rings (SSSR count). The number of hydrogen-bond acceptors (Lipinski definition) is 6. The van der Waals surface area contributed by atoms with Crippen LogP contribution in [0.5, 0.6) is 0 Å². The van der Waals surface area contributed by atoms with Crippen LogP contribution in [0.4, 0.5) is 5.95 Å². The maximum Gasteiger partial charge on any atom is 0.252 e. The molecule has 0 aromatic carbocycles. The summed E-state index contributed by atoms with van der Waals surface area (Å²) < 4.78 is 23.5. The second kappa shape index (κ2) is 2.64. The van der Waals surface area contributed by atoms with Crippen molar-refractivity contribution in [3.63, 3.8) is 0 Å². The first kappa shape index (κ1) is 8.88. The molecule has 14 heavy (non-hydrogen) atoms. The minimum atomic E-state index is -3.44. The molecule has 7 nitrogen and oxygen atoms in total. The maximum absolute atomic E-state index is 11.1. The Balaban J connectivity index is 2.83. The highest BCUT2D eigenvalue weighted by molar-refractivity contribution is 7.90. The topological polar surface area (TPSA) is 103 Å². The summed E-state index contributed by atoms with van der Waals surface area (Å²) in [7, 11) is -3.44. The predicted molar refractivity (Wildman–Crippen MR) is 48.3 cm³/mol. The molecule has 0 saturated heterocycles. The van der Waals surface area contributed by atoms with Crippen LogP contribution in [0.25, 0.3) is 5.65 Å². The van der Waals surface area contributed by atoms with Gasteiger partial charge < -0.3 is 5.73 Å². The lowest BCUT2D eigenvalue weighted by Crippen LogP contribution is -2.10. The molecule has 74 valence electrons. The normalized spacial score (nSPS) is 12.1. The fraction of sp³-hybridized carbons (Fsp3) is 0.167. The summed E-state index contributed by atoms with van der Waals surface area (Å²) in [6.45, 7) is 0. The third-order valence-corrected chi connectivity index (χ3v) is 2.44. The highest BCUT2D eigenvalue weighted by Gasteiger charge is 2.14. The number of sulfone groups is 1. The highest BCUT2D eigenvalue weighted by Crippen LogP contribution is 2.08. The van der Waals surface area contributed by atoms with Gasteiger partial charge in [0, 0.05) is 12.3 Å². The van der Waals surface area contributed by atoms with Crippen LogP contribution in [-0.2, 0) is 9.84 Å². The minimum Gasteiger partial charge on any atom is -0.368 e. The minimum absolute atomic E-state index is 0.000394. The zero-order valence-electron chi connectivity index (χ0n) is 7.25. The molecule has 0 fully saturated rings. The van der Waals surface area contributed by atoms with Crippen molar-refractivity contribution in [1.29, 1.82) is 0 Å². The Morgan fingerprint density at radius 2 is 2.14 bits per heavy atom. The number of nitrogen functional groups attached to an aromatic ring is 1. The second-order valence-electron chi connectivity index (χ2n) is 2.74. The molecule has 0 bridgehead atoms. The molecule has 0 saturated carbocycles. The van der Waals surface area contributed by atoms with E-state index in [0.717, 1.165) is 6.26 Å². The number of hydrogen-bond donors (Lipinski definition) is 1. The average Bonchev–Trinajstić information content (AvgIpc) is 2.50. The van der Waals surface area contributed by atoms with Gasteiger partial charge in [-0.15, -0.1) is 0 Å². The molecule has 0 atom stereocenters. The van der Waals surface area contributed by atoms with Crippen molar-refractivity contribution in [3.05, 3.63) is 12.3 Å². The third-order valence-electron chi connectivity index (χ3n) is 1.59. The molecule has 0 amide bonds. The number of aromatic nitrogens is 4. The van der Waals surface area contributed by atoms with Crippen molar-refractivity contribution in [2.75, 3.05) is 12.0 Å². The Bertz CT molecular complexity index is 587. The molecule has 8 heteroatoms. The lowest BCUT2D eigenvalue weighted by molar-refractivity contribution is 0.592. The summed E-state index contributed by atoms with van der Waals surface area (Å²) in [5, 5.41) is 3.52. The molecule has 0 aliphatic heterocycles. The van der Waals surface area contributed by atoms with Crippen LogP contribution < -0.4 is 5.73 Å². The molecule has 2 aromatic heterocycles. The third kappa shape index (κ3) is 1.29. The number of fused-ring (bicyclic) bond motifs is 1. The van der Waals surface area contributed by atoms with Gasteiger partial charge in [0.25, 0.3) is 5.16 Å². The second-order valence-corrected chi connectivity index (χ2v) is 4.65. The van der Waals surface area contributed by atoms with E-state index in [1.54, 1.807) is 6.07 Å². The molecule has 2 N–H and O–H groups in total. The van der Waals surface area contributed by atoms with Crippen molar-refractivity contribution in [2.24, 2.45) is 0 Å². The van der Waals surface area contributed by atoms with Gasteiger partial charge in [0.1, 0.15) is 0 Å². The van der Waals surface area contributed by atoms with Crippen LogP contribution in [0.15, 0.2) is 17.4 Å². The fourth-order valence-corrected chi connectivity index (χ4v) is 1.51. The van der Waals surface area contributed by atoms with E-state index >= 15 is 0 Å². The molecule has 2 aromatic rings. The standard InChI is InChI=1S/C6H7N5O2S/c1-14(12,13)6-9-4-2-3-8-11(4)5(7)10-6/h2-3H,1H3,(H2,7,9,10). The van der Waals surface area contributed by atoms with E-state index < -0.39 is 9.84 Å². The largest absolute Gasteiger partial charge is 0.368 e. The maximum atomic E-state index is 11.1. The van der Waals surface area contributed by atoms with Gasteiger partial charge >= 0.3 is 0 Å². The first-order chi connectivity index (χ1) is 6.48. The number of rotatable bonds is 1. The summed E-state index contributed by atoms with van der Waals surface area (Å²) in [6.07, 6.45) is 2.49. The molecule has 0 radical (unpaired) electrons. The van der Waals surface area contributed by atoms with E-state index in [4.69, 9.17) is 5.73 Å². The molecule has 0 aliphatic rings. The smallest absolute Gasteiger partial charge is 0.252 e. The number of anilines is 1. The quantitative estimate of drug-likeness (QED) is 0.659. The van der Waals surface area contributed by atoms with Gasteiger partial charge in [-0.25, -0.2) is 8.42 Å². The van der Waals surface area contributed by atoms with Crippen molar-refractivity contribution >= 4 is 21.4 Å². The summed E-state index contributed by atoms with van der Waals surface area (Å²) in [5.74, 6) is 0.000394. The van der Waals surface area contributed by atoms with Crippen LogP contribution in [0, 0.1) is 0 Å². The van der Waals surface area contributed by atoms with Gasteiger partial charge in [0.15, 0.2) is 5.65 Å². The van der Waals surface area contributed by atoms with Crippen LogP contribution in [0.3, 0.4) is 0 Å². The first-order valence-corrected chi connectivity index (χ1v) is 5.55. The van der Waals surface area contributed by atoms with E-state index in [1.807, 2.05) is 0 Å². The van der Waals surface area contributed by atoms with E-state index in [9.17, 15) is 8.42 Å². The average molecular weight is 213 g/mol. The van der Waals surface area contributed by atoms with Crippen LogP contribution in [0.1, 0.15) is 0 Å². The highest BCUT2D eigenvalue weighted by atomic mass is 32.2. The van der Waals surface area contributed by atoms with E-state index in [2.05, 4.69) is 15.1 Å². The zero-order valence-corrected chi connectivity index (χ0v) is 8.06. The van der Waals surface area contributed by atoms with Gasteiger partial charge in [0.05, 0.1) is 6.20 Å². The lowest BCUT2D eigenvalue weighted by atomic mass is 10.7. The van der Waals surface area contributed by atoms with Gasteiger partial charge in [-0.1, -0.05) is 0 Å². The Morgan fingerprint density at radius 3 is 2.79 bits per heavy atom. The predicted octanol–water partition coefficient (Wildman–Crippen LogP) is -0.890. The Morgan fingerprint density at radius 1 is 1.43 bits per heavy atom. The van der Waals surface area contributed by atoms with Crippen LogP contribution in [-0.4, -0.2) is 34.3 Å². The molecular weight excluding hydrogens is 206 g/mol. The molecule has 0 unspecified atom stereocenters. The lowest BCUT2D eigenvalue weighted by Gasteiger charge is -2.00. The van der Waals surface area contributed by atoms with Crippen molar-refractivity contribution in [3.8, 4) is 0 Å². The molecular formula is C6H7N5O2S. The summed E-state index contributed by atoms with van der Waals surface area (Å²) in [5.41, 5.74) is 5.84. The SMILES string of the molecule is CS(=O)(=O)c1nc(N)n2nccc2n1. The summed E-state index contributed by atoms with van der Waals surface area (Å²) in [6, 6.07) is 1.55. The first-order valence-electron chi connectivity index (χ1n) is 3.66. The molecule has 0 spiro atoms. The zero-order chi connectivity index (χ0) is 10.3. The summed E-state index contributed by atoms with van der Waals surface area (Å²) >= 11 is 0. The Hall–Kier alpha value is -1.70. The number of nitrogens with two attached hydrogens (primary N) is 1. The Kier molecular flexibility index (Phi) is 1.68. The molecule has 2 heterocycles. The molecule has 0 aliphatic carbocycles. The Labute approximate surface area is 79.5 Å². The van der Waals surface area contributed by atoms with Crippen LogP contribution in [0.2, 0.25) is 0 Å². The van der Waals surface area contributed by atoms with Gasteiger partial charge in [-0.05, 0) is 0 Å².